The molecule has 0 radical (unpaired) electrons. The zero-order valence-corrected chi connectivity index (χ0v) is 14.2. The van der Waals surface area contributed by atoms with Crippen LogP contribution in [0.2, 0.25) is 5.02 Å². The van der Waals surface area contributed by atoms with Gasteiger partial charge in [0, 0.05) is 37.2 Å². The molecule has 4 heteroatoms. The normalized spacial score (nSPS) is 17.0. The minimum atomic E-state index is 0.339. The fourth-order valence-corrected chi connectivity index (χ4v) is 3.34. The molecule has 1 aliphatic heterocycles. The minimum Gasteiger partial charge on any atom is -0.496 e. The molecule has 1 heterocycles. The number of hydrogen-bond acceptors (Lipinski definition) is 3. The lowest BCUT2D eigenvalue weighted by Crippen LogP contribution is -2.45. The summed E-state index contributed by atoms with van der Waals surface area (Å²) in [4.78, 5) is 2.55. The van der Waals surface area contributed by atoms with Gasteiger partial charge in [0.05, 0.1) is 7.11 Å². The van der Waals surface area contributed by atoms with Crippen LogP contribution in [0.1, 0.15) is 17.2 Å². The van der Waals surface area contributed by atoms with Gasteiger partial charge in [-0.1, -0.05) is 41.9 Å². The van der Waals surface area contributed by atoms with E-state index in [1.807, 2.05) is 24.3 Å². The quantitative estimate of drug-likeness (QED) is 0.907. The van der Waals surface area contributed by atoms with Crippen LogP contribution in [0.4, 0.5) is 0 Å². The van der Waals surface area contributed by atoms with Crippen LogP contribution in [0.15, 0.2) is 48.5 Å². The lowest BCUT2D eigenvalue weighted by atomic mass is 9.96. The van der Waals surface area contributed by atoms with Crippen molar-refractivity contribution >= 4 is 11.6 Å². The average molecular weight is 331 g/mol. The van der Waals surface area contributed by atoms with Crippen LogP contribution in [0, 0.1) is 0 Å². The number of benzene rings is 2. The maximum Gasteiger partial charge on any atom is 0.122 e. The third-order valence-electron chi connectivity index (χ3n) is 4.45. The number of piperazine rings is 1. The lowest BCUT2D eigenvalue weighted by Gasteiger charge is -2.35. The van der Waals surface area contributed by atoms with Gasteiger partial charge < -0.3 is 10.1 Å². The van der Waals surface area contributed by atoms with Crippen LogP contribution < -0.4 is 10.1 Å². The summed E-state index contributed by atoms with van der Waals surface area (Å²) in [6.45, 7) is 4.19. The molecule has 1 unspecified atom stereocenters. The summed E-state index contributed by atoms with van der Waals surface area (Å²) in [5, 5.41) is 4.21. The minimum absolute atomic E-state index is 0.339. The number of rotatable bonds is 5. The summed E-state index contributed by atoms with van der Waals surface area (Å²) in [6, 6.07) is 16.9. The molecule has 1 saturated heterocycles. The van der Waals surface area contributed by atoms with Gasteiger partial charge in [0.2, 0.25) is 0 Å². The second-order valence-electron chi connectivity index (χ2n) is 5.87. The van der Waals surface area contributed by atoms with E-state index in [0.717, 1.165) is 43.4 Å². The molecule has 2 aromatic carbocycles. The molecule has 1 aliphatic rings. The first kappa shape index (κ1) is 16.3. The molecule has 1 fully saturated rings. The van der Waals surface area contributed by atoms with Gasteiger partial charge in [-0.3, -0.25) is 4.90 Å². The van der Waals surface area contributed by atoms with E-state index < -0.39 is 0 Å². The molecule has 0 amide bonds. The topological polar surface area (TPSA) is 24.5 Å². The van der Waals surface area contributed by atoms with Crippen molar-refractivity contribution in [3.05, 3.63) is 64.7 Å². The first-order chi connectivity index (χ1) is 11.3. The predicted molar refractivity (Wildman–Crippen MR) is 95.3 cm³/mol. The standard InChI is InChI=1S/C19H23ClN2O/c1-23-19-5-3-2-4-16(19)14-18(22-12-10-21-11-13-22)15-6-8-17(20)9-7-15/h2-9,18,21H,10-14H2,1H3. The van der Waals surface area contributed by atoms with Crippen LogP contribution >= 0.6 is 11.6 Å². The van der Waals surface area contributed by atoms with Crippen LogP contribution in [-0.2, 0) is 6.42 Å². The van der Waals surface area contributed by atoms with Gasteiger partial charge in [0.15, 0.2) is 0 Å². The zero-order chi connectivity index (χ0) is 16.1. The Morgan fingerprint density at radius 1 is 1.09 bits per heavy atom. The number of ether oxygens (including phenoxy) is 1. The van der Waals surface area contributed by atoms with E-state index in [1.165, 1.54) is 11.1 Å². The Hall–Kier alpha value is -1.55. The van der Waals surface area contributed by atoms with Gasteiger partial charge in [-0.05, 0) is 35.7 Å². The third-order valence-corrected chi connectivity index (χ3v) is 4.70. The summed E-state index contributed by atoms with van der Waals surface area (Å²) in [5.74, 6) is 0.960. The highest BCUT2D eigenvalue weighted by Crippen LogP contribution is 2.30. The number of methoxy groups -OCH3 is 1. The van der Waals surface area contributed by atoms with Crippen molar-refractivity contribution in [2.75, 3.05) is 33.3 Å². The first-order valence-electron chi connectivity index (χ1n) is 8.10. The van der Waals surface area contributed by atoms with Crippen LogP contribution in [0.3, 0.4) is 0 Å². The van der Waals surface area contributed by atoms with Gasteiger partial charge in [-0.25, -0.2) is 0 Å². The predicted octanol–water partition coefficient (Wildman–Crippen LogP) is 3.54. The number of hydrogen-bond donors (Lipinski definition) is 1. The molecule has 1 N–H and O–H groups in total. The molecular formula is C19H23ClN2O. The number of halogens is 1. The van der Waals surface area contributed by atoms with Crippen molar-refractivity contribution < 1.29 is 4.74 Å². The Bertz CT molecular complexity index is 624. The molecule has 0 saturated carbocycles. The van der Waals surface area contributed by atoms with E-state index in [0.29, 0.717) is 6.04 Å². The fraction of sp³-hybridized carbons (Fsp3) is 0.368. The van der Waals surface area contributed by atoms with Gasteiger partial charge in [-0.2, -0.15) is 0 Å². The van der Waals surface area contributed by atoms with Gasteiger partial charge in [-0.15, -0.1) is 0 Å². The highest BCUT2D eigenvalue weighted by molar-refractivity contribution is 6.30. The average Bonchev–Trinajstić information content (AvgIpc) is 2.61. The highest BCUT2D eigenvalue weighted by Gasteiger charge is 2.23. The smallest absolute Gasteiger partial charge is 0.122 e. The summed E-state index contributed by atoms with van der Waals surface area (Å²) >= 11 is 6.07. The summed E-state index contributed by atoms with van der Waals surface area (Å²) in [6.07, 6.45) is 0.936. The largest absolute Gasteiger partial charge is 0.496 e. The van der Waals surface area contributed by atoms with Gasteiger partial charge in [0.1, 0.15) is 5.75 Å². The van der Waals surface area contributed by atoms with E-state index in [2.05, 4.69) is 34.5 Å². The van der Waals surface area contributed by atoms with Crippen molar-refractivity contribution in [2.45, 2.75) is 12.5 Å². The summed E-state index contributed by atoms with van der Waals surface area (Å²) in [5.41, 5.74) is 2.55. The van der Waals surface area contributed by atoms with E-state index in [-0.39, 0.29) is 0 Å². The molecular weight excluding hydrogens is 308 g/mol. The van der Waals surface area contributed by atoms with Crippen molar-refractivity contribution in [1.29, 1.82) is 0 Å². The van der Waals surface area contributed by atoms with E-state index >= 15 is 0 Å². The molecule has 0 bridgehead atoms. The molecule has 2 aromatic rings. The number of para-hydroxylation sites is 1. The van der Waals surface area contributed by atoms with Gasteiger partial charge >= 0.3 is 0 Å². The van der Waals surface area contributed by atoms with Crippen molar-refractivity contribution in [1.82, 2.24) is 10.2 Å². The number of nitrogens with one attached hydrogen (secondary N) is 1. The molecule has 3 nitrogen and oxygen atoms in total. The maximum absolute atomic E-state index is 6.07. The molecule has 23 heavy (non-hydrogen) atoms. The highest BCUT2D eigenvalue weighted by atomic mass is 35.5. The van der Waals surface area contributed by atoms with E-state index in [9.17, 15) is 0 Å². The SMILES string of the molecule is COc1ccccc1CC(c1ccc(Cl)cc1)N1CCNCC1. The summed E-state index contributed by atoms with van der Waals surface area (Å²) < 4.78 is 5.54. The van der Waals surface area contributed by atoms with Crippen molar-refractivity contribution in [2.24, 2.45) is 0 Å². The zero-order valence-electron chi connectivity index (χ0n) is 13.5. The number of nitrogens with zero attached hydrogens (tertiary/aromatic N) is 1. The summed E-state index contributed by atoms with van der Waals surface area (Å²) in [7, 11) is 1.74. The van der Waals surface area contributed by atoms with Crippen molar-refractivity contribution in [3.8, 4) is 5.75 Å². The Morgan fingerprint density at radius 3 is 2.48 bits per heavy atom. The maximum atomic E-state index is 6.07. The second kappa shape index (κ2) is 7.82. The lowest BCUT2D eigenvalue weighted by molar-refractivity contribution is 0.171. The van der Waals surface area contributed by atoms with Crippen LogP contribution in [0.5, 0.6) is 5.75 Å². The van der Waals surface area contributed by atoms with E-state index in [4.69, 9.17) is 16.3 Å². The van der Waals surface area contributed by atoms with E-state index in [1.54, 1.807) is 7.11 Å². The Labute approximate surface area is 143 Å². The second-order valence-corrected chi connectivity index (χ2v) is 6.31. The Morgan fingerprint density at radius 2 is 1.78 bits per heavy atom. The molecule has 0 aromatic heterocycles. The Kier molecular flexibility index (Phi) is 5.55. The molecule has 122 valence electrons. The molecule has 3 rings (SSSR count). The first-order valence-corrected chi connectivity index (χ1v) is 8.48. The third kappa shape index (κ3) is 4.05. The van der Waals surface area contributed by atoms with Crippen LogP contribution in [0.25, 0.3) is 0 Å². The van der Waals surface area contributed by atoms with Crippen molar-refractivity contribution in [3.63, 3.8) is 0 Å². The van der Waals surface area contributed by atoms with Crippen LogP contribution in [-0.4, -0.2) is 38.2 Å². The molecule has 0 aliphatic carbocycles. The fourth-order valence-electron chi connectivity index (χ4n) is 3.22. The molecule has 1 atom stereocenters. The Balaban J connectivity index is 1.89. The monoisotopic (exact) mass is 330 g/mol. The molecule has 0 spiro atoms. The van der Waals surface area contributed by atoms with Gasteiger partial charge in [0.25, 0.3) is 0 Å².